The molecule has 1 amide bonds. The van der Waals surface area contributed by atoms with Crippen LogP contribution in [0.3, 0.4) is 0 Å². The van der Waals surface area contributed by atoms with Crippen molar-refractivity contribution in [1.29, 1.82) is 0 Å². The Morgan fingerprint density at radius 2 is 1.76 bits per heavy atom. The van der Waals surface area contributed by atoms with Gasteiger partial charge in [-0.25, -0.2) is 14.9 Å². The van der Waals surface area contributed by atoms with Crippen molar-refractivity contribution in [2.45, 2.75) is 6.10 Å². The van der Waals surface area contributed by atoms with Crippen LogP contribution in [0.4, 0.5) is 11.6 Å². The second kappa shape index (κ2) is 8.80. The van der Waals surface area contributed by atoms with Crippen LogP contribution in [0, 0.1) is 0 Å². The van der Waals surface area contributed by atoms with Gasteiger partial charge in [0.15, 0.2) is 0 Å². The van der Waals surface area contributed by atoms with Crippen LogP contribution in [0.25, 0.3) is 21.9 Å². The third-order valence-electron chi connectivity index (χ3n) is 5.83. The number of H-pyrrole nitrogens is 1. The van der Waals surface area contributed by atoms with Gasteiger partial charge in [-0.1, -0.05) is 12.1 Å². The summed E-state index contributed by atoms with van der Waals surface area (Å²) in [5.74, 6) is 0.696. The molecule has 11 heteroatoms. The molecule has 0 unspecified atom stereocenters. The van der Waals surface area contributed by atoms with Gasteiger partial charge in [-0.3, -0.25) is 9.89 Å². The van der Waals surface area contributed by atoms with Crippen LogP contribution in [0.15, 0.2) is 61.2 Å². The van der Waals surface area contributed by atoms with E-state index in [9.17, 15) is 20.1 Å². The van der Waals surface area contributed by atoms with E-state index in [1.54, 1.807) is 30.7 Å². The monoisotopic (exact) mass is 461 g/mol. The molecule has 3 aromatic heterocycles. The van der Waals surface area contributed by atoms with Crippen molar-refractivity contribution < 1.29 is 20.1 Å². The van der Waals surface area contributed by atoms with E-state index < -0.39 is 6.10 Å². The van der Waals surface area contributed by atoms with Gasteiger partial charge in [-0.15, -0.1) is 0 Å². The van der Waals surface area contributed by atoms with E-state index in [-0.39, 0.29) is 19.0 Å². The number of hydrogen-bond donors (Lipinski definition) is 5. The van der Waals surface area contributed by atoms with Crippen molar-refractivity contribution in [3.8, 4) is 11.1 Å². The largest absolute Gasteiger partial charge is 0.354 e. The maximum absolute atomic E-state index is 12.9. The van der Waals surface area contributed by atoms with Gasteiger partial charge in [0.25, 0.3) is 5.91 Å². The number of aromatic amines is 1. The van der Waals surface area contributed by atoms with E-state index in [1.807, 2.05) is 35.4 Å². The average Bonchev–Trinajstić information content (AvgIpc) is 3.38. The minimum Gasteiger partial charge on any atom is -0.354 e. The number of carbonyl (C=O) groups is 1. The van der Waals surface area contributed by atoms with Crippen LogP contribution in [0.1, 0.15) is 10.4 Å². The number of benzene rings is 1. The summed E-state index contributed by atoms with van der Waals surface area (Å²) >= 11 is 0. The quantitative estimate of drug-likeness (QED) is 0.274. The first-order chi connectivity index (χ1) is 16.4. The summed E-state index contributed by atoms with van der Waals surface area (Å²) in [6, 6.07) is 11.1. The zero-order chi connectivity index (χ0) is 23.7. The second-order valence-corrected chi connectivity index (χ2v) is 8.05. The fourth-order valence-corrected chi connectivity index (χ4v) is 3.95. The third kappa shape index (κ3) is 4.58. The van der Waals surface area contributed by atoms with Crippen molar-refractivity contribution >= 4 is 28.3 Å². The minimum atomic E-state index is -2.84. The molecule has 0 bridgehead atoms. The Bertz CT molecular complexity index is 1310. The molecule has 1 saturated heterocycles. The molecule has 1 aliphatic heterocycles. The van der Waals surface area contributed by atoms with Gasteiger partial charge in [0, 0.05) is 61.3 Å². The average molecular weight is 461 g/mol. The summed E-state index contributed by atoms with van der Waals surface area (Å²) in [6.45, 7) is 1.27. The molecule has 174 valence electrons. The molecule has 5 rings (SSSR count). The van der Waals surface area contributed by atoms with Crippen molar-refractivity contribution in [2.24, 2.45) is 0 Å². The SMILES string of the molecule is O=C(Nc1cc2cc(-c3cn[nH]c3)ccc2cn1)c1ccnc(N2CCN(C(O)(O)O)CC2)c1. The molecular weight excluding hydrogens is 438 g/mol. The number of nitrogens with zero attached hydrogens (tertiary/aromatic N) is 5. The summed E-state index contributed by atoms with van der Waals surface area (Å²) < 4.78 is 0. The number of amides is 1. The van der Waals surface area contributed by atoms with Crippen LogP contribution in [-0.4, -0.2) is 78.6 Å². The van der Waals surface area contributed by atoms with Gasteiger partial charge >= 0.3 is 6.10 Å². The van der Waals surface area contributed by atoms with E-state index in [1.165, 1.54) is 0 Å². The molecule has 0 spiro atoms. The molecule has 4 aromatic rings. The summed E-state index contributed by atoms with van der Waals surface area (Å²) in [7, 11) is 0. The Hall–Kier alpha value is -3.90. The molecule has 1 fully saturated rings. The Labute approximate surface area is 194 Å². The number of pyridine rings is 2. The molecule has 34 heavy (non-hydrogen) atoms. The predicted octanol–water partition coefficient (Wildman–Crippen LogP) is 0.982. The highest BCUT2D eigenvalue weighted by Gasteiger charge is 2.32. The number of rotatable bonds is 5. The lowest BCUT2D eigenvalue weighted by Crippen LogP contribution is -2.57. The number of fused-ring (bicyclic) bond motifs is 1. The standard InChI is InChI=1S/C23H23N7O4/c31-22(16-3-4-24-21(11-16)29-5-7-30(8-6-29)23(32,33)34)28-20-10-18-9-15(19-13-26-27-14-19)1-2-17(18)12-25-20/h1-4,9-14,32-34H,5-8H2,(H,26,27)(H,25,28,31). The molecule has 11 nitrogen and oxygen atoms in total. The van der Waals surface area contributed by atoms with Crippen LogP contribution in [-0.2, 0) is 0 Å². The lowest BCUT2D eigenvalue weighted by Gasteiger charge is -2.38. The molecule has 4 heterocycles. The number of piperazine rings is 1. The van der Waals surface area contributed by atoms with E-state index in [2.05, 4.69) is 25.5 Å². The number of aromatic nitrogens is 4. The Morgan fingerprint density at radius 3 is 2.50 bits per heavy atom. The summed E-state index contributed by atoms with van der Waals surface area (Å²) in [5, 5.41) is 39.5. The van der Waals surface area contributed by atoms with Crippen LogP contribution >= 0.6 is 0 Å². The number of hydrogen-bond acceptors (Lipinski definition) is 9. The van der Waals surface area contributed by atoms with Crippen molar-refractivity contribution in [1.82, 2.24) is 25.1 Å². The van der Waals surface area contributed by atoms with Crippen LogP contribution < -0.4 is 10.2 Å². The summed E-state index contributed by atoms with van der Waals surface area (Å²) in [5.41, 5.74) is 2.39. The number of carbonyl (C=O) groups excluding carboxylic acids is 1. The second-order valence-electron chi connectivity index (χ2n) is 8.05. The number of anilines is 2. The molecule has 0 radical (unpaired) electrons. The predicted molar refractivity (Wildman–Crippen MR) is 125 cm³/mol. The smallest absolute Gasteiger partial charge is 0.345 e. The lowest BCUT2D eigenvalue weighted by atomic mass is 10.1. The molecule has 0 aliphatic carbocycles. The third-order valence-corrected chi connectivity index (χ3v) is 5.83. The topological polar surface area (TPSA) is 151 Å². The van der Waals surface area contributed by atoms with E-state index in [0.717, 1.165) is 26.8 Å². The number of nitrogens with one attached hydrogen (secondary N) is 2. The number of aliphatic hydroxyl groups is 3. The normalized spacial score (nSPS) is 15.0. The zero-order valence-corrected chi connectivity index (χ0v) is 18.1. The van der Waals surface area contributed by atoms with Gasteiger partial charge in [-0.05, 0) is 35.2 Å². The fourth-order valence-electron chi connectivity index (χ4n) is 3.95. The van der Waals surface area contributed by atoms with Crippen molar-refractivity contribution in [3.05, 3.63) is 66.7 Å². The van der Waals surface area contributed by atoms with Crippen molar-refractivity contribution in [2.75, 3.05) is 36.4 Å². The van der Waals surface area contributed by atoms with Gasteiger partial charge in [0.2, 0.25) is 0 Å². The highest BCUT2D eigenvalue weighted by molar-refractivity contribution is 6.05. The molecule has 0 atom stereocenters. The Balaban J connectivity index is 1.31. The summed E-state index contributed by atoms with van der Waals surface area (Å²) in [4.78, 5) is 24.6. The first-order valence-corrected chi connectivity index (χ1v) is 10.7. The van der Waals surface area contributed by atoms with Gasteiger partial charge in [0.05, 0.1) is 6.20 Å². The molecular formula is C23H23N7O4. The molecule has 1 aromatic carbocycles. The Morgan fingerprint density at radius 1 is 0.941 bits per heavy atom. The van der Waals surface area contributed by atoms with Gasteiger partial charge in [0.1, 0.15) is 11.6 Å². The van der Waals surface area contributed by atoms with Crippen molar-refractivity contribution in [3.63, 3.8) is 0 Å². The lowest BCUT2D eigenvalue weighted by molar-refractivity contribution is -0.393. The maximum Gasteiger partial charge on any atom is 0.345 e. The minimum absolute atomic E-state index is 0.226. The molecule has 1 aliphatic rings. The van der Waals surface area contributed by atoms with E-state index >= 15 is 0 Å². The zero-order valence-electron chi connectivity index (χ0n) is 18.1. The Kier molecular flexibility index (Phi) is 5.67. The van der Waals surface area contributed by atoms with Crippen LogP contribution in [0.2, 0.25) is 0 Å². The fraction of sp³-hybridized carbons (Fsp3) is 0.217. The molecule has 0 saturated carbocycles. The highest BCUT2D eigenvalue weighted by Crippen LogP contribution is 2.25. The maximum atomic E-state index is 12.9. The first-order valence-electron chi connectivity index (χ1n) is 10.7. The molecule has 5 N–H and O–H groups in total. The highest BCUT2D eigenvalue weighted by atomic mass is 16.7. The first kappa shape index (κ1) is 21.9. The van der Waals surface area contributed by atoms with Gasteiger partial charge < -0.3 is 25.5 Å². The van der Waals surface area contributed by atoms with Gasteiger partial charge in [-0.2, -0.15) is 5.10 Å². The summed E-state index contributed by atoms with van der Waals surface area (Å²) in [6.07, 6.45) is 3.99. The van der Waals surface area contributed by atoms with Crippen LogP contribution in [0.5, 0.6) is 0 Å². The van der Waals surface area contributed by atoms with E-state index in [0.29, 0.717) is 30.3 Å². The van der Waals surface area contributed by atoms with E-state index in [4.69, 9.17) is 0 Å².